The first-order chi connectivity index (χ1) is 24.2. The highest BCUT2D eigenvalue weighted by atomic mass is 35.5. The standard InChI is InChI=1S/C43H57ClFNO5/c1-6-51-40(49)46(25-29-14-15-30-23-36(29)41(30,3)4)26-43(50)20-18-35-32-17-13-28(21-31(47)16-12-27(2)9-8-19-42(35,43)5)22-33(32)39(48)24-34-37(44)10-7-11-38(34)45/h7,9-11,13,17,22,29-31,35-36,47,50H,6,8,12,14-16,18-21,23-26H2,1-5H3. The highest BCUT2D eigenvalue weighted by molar-refractivity contribution is 6.31. The van der Waals surface area contributed by atoms with E-state index < -0.39 is 22.9 Å². The molecule has 0 aliphatic heterocycles. The molecule has 2 aromatic carbocycles. The van der Waals surface area contributed by atoms with Crippen molar-refractivity contribution < 1.29 is 28.9 Å². The number of carbonyl (C=O) groups excluding carboxylic acids is 2. The van der Waals surface area contributed by atoms with Crippen LogP contribution in [0.2, 0.25) is 5.02 Å². The van der Waals surface area contributed by atoms with Crippen LogP contribution >= 0.6 is 11.6 Å². The largest absolute Gasteiger partial charge is 0.450 e. The molecular formula is C43H57ClFNO5. The number of aliphatic hydroxyl groups excluding tert-OH is 1. The fourth-order valence-corrected chi connectivity index (χ4v) is 10.6. The van der Waals surface area contributed by atoms with Gasteiger partial charge in [-0.25, -0.2) is 9.18 Å². The van der Waals surface area contributed by atoms with Crippen LogP contribution in [-0.4, -0.2) is 58.4 Å². The van der Waals surface area contributed by atoms with Crippen molar-refractivity contribution >= 4 is 23.5 Å². The van der Waals surface area contributed by atoms with Gasteiger partial charge >= 0.3 is 6.09 Å². The van der Waals surface area contributed by atoms with Crippen LogP contribution in [0, 0.1) is 34.4 Å². The average Bonchev–Trinajstić information content (AvgIpc) is 3.33. The molecule has 4 saturated carbocycles. The second kappa shape index (κ2) is 14.9. The first-order valence-electron chi connectivity index (χ1n) is 19.2. The molecule has 0 heterocycles. The maximum absolute atomic E-state index is 15.0. The second-order valence-electron chi connectivity index (χ2n) is 17.0. The van der Waals surface area contributed by atoms with Crippen LogP contribution in [0.3, 0.4) is 0 Å². The lowest BCUT2D eigenvalue weighted by Crippen LogP contribution is -2.58. The van der Waals surface area contributed by atoms with Crippen molar-refractivity contribution in [2.45, 2.75) is 123 Å². The lowest BCUT2D eigenvalue weighted by molar-refractivity contribution is -0.120. The Morgan fingerprint density at radius 1 is 1.08 bits per heavy atom. The quantitative estimate of drug-likeness (QED) is 0.210. The lowest BCUT2D eigenvalue weighted by Gasteiger charge is -2.60. The Hall–Kier alpha value is -2.74. The van der Waals surface area contributed by atoms with Crippen molar-refractivity contribution in [2.24, 2.45) is 28.6 Å². The van der Waals surface area contributed by atoms with E-state index in [2.05, 4.69) is 33.8 Å². The van der Waals surface area contributed by atoms with Gasteiger partial charge in [0.05, 0.1) is 24.9 Å². The second-order valence-corrected chi connectivity index (χ2v) is 17.4. The van der Waals surface area contributed by atoms with E-state index >= 15 is 0 Å². The number of carbonyl (C=O) groups is 2. The summed E-state index contributed by atoms with van der Waals surface area (Å²) in [5.74, 6) is 0.668. The van der Waals surface area contributed by atoms with Gasteiger partial charge in [0, 0.05) is 34.5 Å². The number of allylic oxidation sites excluding steroid dienone is 2. The molecule has 278 valence electrons. The third-order valence-corrected chi connectivity index (χ3v) is 14.2. The summed E-state index contributed by atoms with van der Waals surface area (Å²) >= 11 is 6.39. The van der Waals surface area contributed by atoms with Crippen LogP contribution in [-0.2, 0) is 17.6 Å². The third-order valence-electron chi connectivity index (χ3n) is 13.8. The minimum absolute atomic E-state index is 0.160. The summed E-state index contributed by atoms with van der Waals surface area (Å²) in [6.07, 6.45) is 8.69. The predicted octanol–water partition coefficient (Wildman–Crippen LogP) is 9.47. The Morgan fingerprint density at radius 3 is 2.57 bits per heavy atom. The molecule has 6 nitrogen and oxygen atoms in total. The molecule has 4 bridgehead atoms. The van der Waals surface area contributed by atoms with E-state index in [0.717, 1.165) is 29.9 Å². The van der Waals surface area contributed by atoms with E-state index in [1.165, 1.54) is 30.5 Å². The fourth-order valence-electron chi connectivity index (χ4n) is 10.4. The van der Waals surface area contributed by atoms with Crippen LogP contribution < -0.4 is 0 Å². The Labute approximate surface area is 308 Å². The van der Waals surface area contributed by atoms with Crippen LogP contribution in [0.15, 0.2) is 48.0 Å². The van der Waals surface area contributed by atoms with Gasteiger partial charge in [-0.05, 0) is 136 Å². The van der Waals surface area contributed by atoms with Gasteiger partial charge in [-0.15, -0.1) is 0 Å². The van der Waals surface area contributed by atoms with Gasteiger partial charge < -0.3 is 19.8 Å². The van der Waals surface area contributed by atoms with Crippen molar-refractivity contribution in [2.75, 3.05) is 19.7 Å². The van der Waals surface area contributed by atoms with Crippen molar-refractivity contribution in [1.82, 2.24) is 4.90 Å². The summed E-state index contributed by atoms with van der Waals surface area (Å²) in [6.45, 7) is 11.7. The molecule has 0 saturated heterocycles. The molecular weight excluding hydrogens is 665 g/mol. The zero-order valence-electron chi connectivity index (χ0n) is 31.2. The molecule has 7 unspecified atom stereocenters. The number of nitrogens with zero attached hydrogens (tertiary/aromatic N) is 1. The maximum atomic E-state index is 15.0. The minimum Gasteiger partial charge on any atom is -0.450 e. The van der Waals surface area contributed by atoms with E-state index in [0.29, 0.717) is 62.5 Å². The molecule has 6 aliphatic rings. The summed E-state index contributed by atoms with van der Waals surface area (Å²) in [4.78, 5) is 29.7. The molecule has 1 amide bonds. The number of benzene rings is 2. The molecule has 2 N–H and O–H groups in total. The molecule has 8 rings (SSSR count). The van der Waals surface area contributed by atoms with Gasteiger partial charge in [0.2, 0.25) is 0 Å². The SMILES string of the molecule is CCOC(=O)N(CC1CCC2CC1C2(C)C)CC1(O)CCC2c3ccc(cc3C(=O)Cc3c(F)cccc3Cl)CC(O)CCC(C)=CCCC21C. The van der Waals surface area contributed by atoms with Gasteiger partial charge in [0.25, 0.3) is 0 Å². The van der Waals surface area contributed by atoms with E-state index in [4.69, 9.17) is 16.3 Å². The summed E-state index contributed by atoms with van der Waals surface area (Å²) in [5.41, 5.74) is 1.80. The number of aliphatic hydroxyl groups is 2. The number of fused-ring (bicyclic) bond motifs is 10. The van der Waals surface area contributed by atoms with Crippen LogP contribution in [0.4, 0.5) is 9.18 Å². The van der Waals surface area contributed by atoms with E-state index in [-0.39, 0.29) is 53.4 Å². The number of Topliss-reactive ketones (excluding diaryl/α,β-unsaturated/α-hetero) is 1. The van der Waals surface area contributed by atoms with Gasteiger partial charge in [0.15, 0.2) is 5.78 Å². The lowest BCUT2D eigenvalue weighted by atomic mass is 9.45. The summed E-state index contributed by atoms with van der Waals surface area (Å²) < 4.78 is 20.6. The van der Waals surface area contributed by atoms with E-state index in [1.807, 2.05) is 25.1 Å². The van der Waals surface area contributed by atoms with Gasteiger partial charge in [0.1, 0.15) is 5.82 Å². The number of hydrogen-bond acceptors (Lipinski definition) is 5. The molecule has 0 aromatic heterocycles. The van der Waals surface area contributed by atoms with E-state index in [1.54, 1.807) is 11.0 Å². The monoisotopic (exact) mass is 721 g/mol. The molecule has 6 aliphatic carbocycles. The Balaban J connectivity index is 1.38. The molecule has 8 heteroatoms. The summed E-state index contributed by atoms with van der Waals surface area (Å²) in [6, 6.07) is 10.3. The Bertz CT molecular complexity index is 1630. The van der Waals surface area contributed by atoms with Crippen molar-refractivity contribution in [3.63, 3.8) is 0 Å². The number of rotatable bonds is 8. The number of ketones is 1. The van der Waals surface area contributed by atoms with Gasteiger partial charge in [-0.1, -0.05) is 62.2 Å². The molecule has 51 heavy (non-hydrogen) atoms. The summed E-state index contributed by atoms with van der Waals surface area (Å²) in [5, 5.41) is 24.1. The van der Waals surface area contributed by atoms with Gasteiger partial charge in [-0.2, -0.15) is 0 Å². The fraction of sp³-hybridized carbons (Fsp3) is 0.628. The molecule has 0 spiro atoms. The smallest absolute Gasteiger partial charge is 0.409 e. The zero-order valence-corrected chi connectivity index (χ0v) is 31.9. The Morgan fingerprint density at radius 2 is 1.86 bits per heavy atom. The average molecular weight is 722 g/mol. The highest BCUT2D eigenvalue weighted by Crippen LogP contribution is 2.62. The van der Waals surface area contributed by atoms with Crippen LogP contribution in [0.25, 0.3) is 0 Å². The number of amides is 1. The normalized spacial score (nSPS) is 31.5. The first kappa shape index (κ1) is 38.0. The third kappa shape index (κ3) is 7.42. The van der Waals surface area contributed by atoms with Crippen LogP contribution in [0.5, 0.6) is 0 Å². The maximum Gasteiger partial charge on any atom is 0.409 e. The number of ether oxygens (including phenoxy) is 1. The van der Waals surface area contributed by atoms with Crippen molar-refractivity contribution in [3.8, 4) is 0 Å². The topological polar surface area (TPSA) is 87.1 Å². The molecule has 0 radical (unpaired) electrons. The minimum atomic E-state index is -1.25. The zero-order chi connectivity index (χ0) is 36.7. The number of halogens is 2. The number of hydrogen-bond donors (Lipinski definition) is 2. The van der Waals surface area contributed by atoms with E-state index in [9.17, 15) is 24.2 Å². The summed E-state index contributed by atoms with van der Waals surface area (Å²) in [7, 11) is 0. The predicted molar refractivity (Wildman–Crippen MR) is 200 cm³/mol. The molecule has 7 atom stereocenters. The van der Waals surface area contributed by atoms with Crippen molar-refractivity contribution in [3.05, 3.63) is 81.1 Å². The van der Waals surface area contributed by atoms with Gasteiger partial charge in [-0.3, -0.25) is 4.79 Å². The molecule has 4 fully saturated rings. The Kier molecular flexibility index (Phi) is 11.1. The first-order valence-corrected chi connectivity index (χ1v) is 19.6. The van der Waals surface area contributed by atoms with Crippen LogP contribution in [0.1, 0.15) is 125 Å². The molecule has 2 aromatic rings. The van der Waals surface area contributed by atoms with Crippen molar-refractivity contribution in [1.29, 1.82) is 0 Å². The highest BCUT2D eigenvalue weighted by Gasteiger charge is 2.59.